The van der Waals surface area contributed by atoms with Crippen LogP contribution in [0.1, 0.15) is 40.5 Å². The maximum atomic E-state index is 11.8. The van der Waals surface area contributed by atoms with Crippen molar-refractivity contribution in [2.24, 2.45) is 17.1 Å². The molecule has 0 spiro atoms. The van der Waals surface area contributed by atoms with Gasteiger partial charge in [-0.05, 0) is 18.8 Å². The fourth-order valence-electron chi connectivity index (χ4n) is 2.04. The van der Waals surface area contributed by atoms with E-state index in [2.05, 4.69) is 5.32 Å². The van der Waals surface area contributed by atoms with E-state index in [4.69, 9.17) is 5.73 Å². The number of nitrogens with one attached hydrogen (secondary N) is 1. The molecule has 0 radical (unpaired) electrons. The van der Waals surface area contributed by atoms with Gasteiger partial charge in [-0.15, -0.1) is 0 Å². The smallest absolute Gasteiger partial charge is 0.237 e. The summed E-state index contributed by atoms with van der Waals surface area (Å²) in [5, 5.41) is 12.5. The van der Waals surface area contributed by atoms with E-state index in [9.17, 15) is 9.90 Å². The van der Waals surface area contributed by atoms with Gasteiger partial charge in [-0.2, -0.15) is 0 Å². The molecule has 0 saturated heterocycles. The van der Waals surface area contributed by atoms with Gasteiger partial charge in [0.1, 0.15) is 0 Å². The Morgan fingerprint density at radius 2 is 2.12 bits per heavy atom. The lowest BCUT2D eigenvalue weighted by Crippen LogP contribution is -2.63. The molecule has 1 aliphatic rings. The zero-order valence-corrected chi connectivity index (χ0v) is 10.7. The lowest BCUT2D eigenvalue weighted by Gasteiger charge is -2.49. The fourth-order valence-corrected chi connectivity index (χ4v) is 2.04. The summed E-state index contributed by atoms with van der Waals surface area (Å²) in [6, 6.07) is -0.387. The molecule has 1 aliphatic carbocycles. The SMILES string of the molecule is CC(C)C[C@H](N)C(=O)NC1CC(O)C1(C)C. The molecular formula is C12H24N2O2. The van der Waals surface area contributed by atoms with Crippen LogP contribution >= 0.6 is 0 Å². The maximum absolute atomic E-state index is 11.8. The van der Waals surface area contributed by atoms with Crippen LogP contribution in [0.25, 0.3) is 0 Å². The van der Waals surface area contributed by atoms with Gasteiger partial charge in [-0.1, -0.05) is 27.7 Å². The van der Waals surface area contributed by atoms with Crippen LogP contribution in [0.2, 0.25) is 0 Å². The van der Waals surface area contributed by atoms with Crippen molar-refractivity contribution in [1.29, 1.82) is 0 Å². The minimum Gasteiger partial charge on any atom is -0.392 e. The first kappa shape index (κ1) is 13.5. The molecule has 0 aliphatic heterocycles. The number of hydrogen-bond donors (Lipinski definition) is 3. The highest BCUT2D eigenvalue weighted by molar-refractivity contribution is 5.82. The summed E-state index contributed by atoms with van der Waals surface area (Å²) in [5.74, 6) is 0.319. The molecule has 3 atom stereocenters. The second kappa shape index (κ2) is 4.72. The van der Waals surface area contributed by atoms with Crippen LogP contribution in [0.5, 0.6) is 0 Å². The van der Waals surface area contributed by atoms with Gasteiger partial charge in [-0.3, -0.25) is 4.79 Å². The standard InChI is InChI=1S/C12H24N2O2/c1-7(2)5-8(13)11(16)14-9-6-10(15)12(9,3)4/h7-10,15H,5-6,13H2,1-4H3,(H,14,16)/t8-,9?,10?/m0/s1. The molecule has 0 aromatic carbocycles. The molecule has 2 unspecified atom stereocenters. The van der Waals surface area contributed by atoms with E-state index >= 15 is 0 Å². The Balaban J connectivity index is 2.41. The Morgan fingerprint density at radius 1 is 1.56 bits per heavy atom. The number of hydrogen-bond acceptors (Lipinski definition) is 3. The number of carbonyl (C=O) groups excluding carboxylic acids is 1. The van der Waals surface area contributed by atoms with E-state index < -0.39 is 6.04 Å². The van der Waals surface area contributed by atoms with Crippen LogP contribution in [-0.2, 0) is 4.79 Å². The monoisotopic (exact) mass is 228 g/mol. The highest BCUT2D eigenvalue weighted by Crippen LogP contribution is 2.40. The summed E-state index contributed by atoms with van der Waals surface area (Å²) in [4.78, 5) is 11.8. The Bertz CT molecular complexity index is 264. The van der Waals surface area contributed by atoms with E-state index in [0.717, 1.165) is 0 Å². The van der Waals surface area contributed by atoms with Gasteiger partial charge in [0.15, 0.2) is 0 Å². The molecule has 0 aromatic rings. The molecule has 4 heteroatoms. The van der Waals surface area contributed by atoms with Crippen LogP contribution in [0.15, 0.2) is 0 Å². The van der Waals surface area contributed by atoms with E-state index in [0.29, 0.717) is 18.8 Å². The summed E-state index contributed by atoms with van der Waals surface area (Å²) in [5.41, 5.74) is 5.56. The number of nitrogens with two attached hydrogens (primary N) is 1. The Morgan fingerprint density at radius 3 is 2.50 bits per heavy atom. The second-order valence-electron chi connectivity index (χ2n) is 5.87. The Labute approximate surface area is 97.6 Å². The molecule has 1 amide bonds. The zero-order chi connectivity index (χ0) is 12.5. The lowest BCUT2D eigenvalue weighted by molar-refractivity contribution is -0.130. The molecule has 0 bridgehead atoms. The highest BCUT2D eigenvalue weighted by atomic mass is 16.3. The van der Waals surface area contributed by atoms with Gasteiger partial charge in [0, 0.05) is 11.5 Å². The van der Waals surface area contributed by atoms with Crippen LogP contribution in [-0.4, -0.2) is 29.2 Å². The van der Waals surface area contributed by atoms with E-state index in [1.165, 1.54) is 0 Å². The van der Waals surface area contributed by atoms with Gasteiger partial charge >= 0.3 is 0 Å². The fraction of sp³-hybridized carbons (Fsp3) is 0.917. The minimum absolute atomic E-state index is 0.0493. The molecule has 0 heterocycles. The number of amides is 1. The van der Waals surface area contributed by atoms with Crippen LogP contribution < -0.4 is 11.1 Å². The molecule has 4 N–H and O–H groups in total. The van der Waals surface area contributed by atoms with Crippen molar-refractivity contribution in [3.63, 3.8) is 0 Å². The molecule has 4 nitrogen and oxygen atoms in total. The number of aliphatic hydroxyl groups excluding tert-OH is 1. The Hall–Kier alpha value is -0.610. The van der Waals surface area contributed by atoms with Crippen molar-refractivity contribution in [1.82, 2.24) is 5.32 Å². The van der Waals surface area contributed by atoms with Crippen molar-refractivity contribution in [2.75, 3.05) is 0 Å². The molecular weight excluding hydrogens is 204 g/mol. The Kier molecular flexibility index (Phi) is 3.97. The van der Waals surface area contributed by atoms with Crippen molar-refractivity contribution in [2.45, 2.75) is 58.7 Å². The first-order valence-corrected chi connectivity index (χ1v) is 5.99. The third-order valence-electron chi connectivity index (χ3n) is 3.59. The first-order chi connectivity index (χ1) is 7.25. The molecule has 0 aromatic heterocycles. The molecule has 16 heavy (non-hydrogen) atoms. The predicted molar refractivity (Wildman–Crippen MR) is 63.8 cm³/mol. The quantitative estimate of drug-likeness (QED) is 0.661. The summed E-state index contributed by atoms with van der Waals surface area (Å²) >= 11 is 0. The van der Waals surface area contributed by atoms with Crippen molar-refractivity contribution in [3.8, 4) is 0 Å². The van der Waals surface area contributed by atoms with Crippen LogP contribution in [0.4, 0.5) is 0 Å². The molecule has 94 valence electrons. The van der Waals surface area contributed by atoms with E-state index in [-0.39, 0.29) is 23.5 Å². The average molecular weight is 228 g/mol. The van der Waals surface area contributed by atoms with Crippen molar-refractivity contribution in [3.05, 3.63) is 0 Å². The summed E-state index contributed by atoms with van der Waals surface area (Å²) in [7, 11) is 0. The van der Waals surface area contributed by atoms with E-state index in [1.54, 1.807) is 0 Å². The predicted octanol–water partition coefficient (Wildman–Crippen LogP) is 0.635. The largest absolute Gasteiger partial charge is 0.392 e. The van der Waals surface area contributed by atoms with E-state index in [1.807, 2.05) is 27.7 Å². The van der Waals surface area contributed by atoms with Gasteiger partial charge in [-0.25, -0.2) is 0 Å². The molecule has 1 rings (SSSR count). The summed E-state index contributed by atoms with van der Waals surface area (Å²) < 4.78 is 0. The van der Waals surface area contributed by atoms with Gasteiger partial charge in [0.05, 0.1) is 12.1 Å². The minimum atomic E-state index is -0.437. The van der Waals surface area contributed by atoms with Crippen molar-refractivity contribution >= 4 is 5.91 Å². The normalized spacial score (nSPS) is 29.7. The third-order valence-corrected chi connectivity index (χ3v) is 3.59. The number of aliphatic hydroxyl groups is 1. The molecule has 1 saturated carbocycles. The van der Waals surface area contributed by atoms with Gasteiger partial charge in [0.2, 0.25) is 5.91 Å². The summed E-state index contributed by atoms with van der Waals surface area (Å²) in [6.07, 6.45) is 1.01. The number of rotatable bonds is 4. The van der Waals surface area contributed by atoms with Gasteiger partial charge in [0.25, 0.3) is 0 Å². The van der Waals surface area contributed by atoms with Crippen LogP contribution in [0, 0.1) is 11.3 Å². The highest BCUT2D eigenvalue weighted by Gasteiger charge is 2.48. The van der Waals surface area contributed by atoms with Gasteiger partial charge < -0.3 is 16.2 Å². The topological polar surface area (TPSA) is 75.4 Å². The molecule has 1 fully saturated rings. The third kappa shape index (κ3) is 2.74. The maximum Gasteiger partial charge on any atom is 0.237 e. The number of carbonyl (C=O) groups is 1. The average Bonchev–Trinajstić information content (AvgIpc) is 2.16. The lowest BCUT2D eigenvalue weighted by atomic mass is 9.64. The zero-order valence-electron chi connectivity index (χ0n) is 10.7. The summed E-state index contributed by atoms with van der Waals surface area (Å²) in [6.45, 7) is 8.01. The first-order valence-electron chi connectivity index (χ1n) is 5.99. The van der Waals surface area contributed by atoms with Crippen molar-refractivity contribution < 1.29 is 9.90 Å². The van der Waals surface area contributed by atoms with Crippen LogP contribution in [0.3, 0.4) is 0 Å². The second-order valence-corrected chi connectivity index (χ2v) is 5.87.